The third-order valence-electron chi connectivity index (χ3n) is 2.57. The first-order valence-electron chi connectivity index (χ1n) is 5.84. The number of ether oxygens (including phenoxy) is 1. The summed E-state index contributed by atoms with van der Waals surface area (Å²) in [6, 6.07) is 17.7. The van der Waals surface area contributed by atoms with Gasteiger partial charge in [-0.05, 0) is 52.4 Å². The summed E-state index contributed by atoms with van der Waals surface area (Å²) in [6.07, 6.45) is 0.134. The number of benzene rings is 2. The van der Waals surface area contributed by atoms with E-state index in [9.17, 15) is 5.11 Å². The van der Waals surface area contributed by atoms with Crippen molar-refractivity contribution in [1.82, 2.24) is 0 Å². The van der Waals surface area contributed by atoms with E-state index in [0.717, 1.165) is 11.3 Å². The Balaban J connectivity index is 1.82. The van der Waals surface area contributed by atoms with Crippen LogP contribution in [0.25, 0.3) is 0 Å². The van der Waals surface area contributed by atoms with Crippen LogP contribution < -0.4 is 4.74 Å². The molecule has 2 nitrogen and oxygen atoms in total. The summed E-state index contributed by atoms with van der Waals surface area (Å²) in [7, 11) is 0. The van der Waals surface area contributed by atoms with Crippen molar-refractivity contribution in [2.75, 3.05) is 6.61 Å². The van der Waals surface area contributed by atoms with Gasteiger partial charge in [0.2, 0.25) is 0 Å². The first-order valence-corrected chi connectivity index (χ1v) is 6.92. The zero-order chi connectivity index (χ0) is 12.8. The van der Waals surface area contributed by atoms with E-state index in [1.54, 1.807) is 0 Å². The van der Waals surface area contributed by atoms with Crippen LogP contribution in [0.4, 0.5) is 0 Å². The monoisotopic (exact) mass is 354 g/mol. The largest absolute Gasteiger partial charge is 0.491 e. The van der Waals surface area contributed by atoms with Crippen molar-refractivity contribution < 1.29 is 9.84 Å². The SMILES string of the molecule is OC(COc1ccccc1)Cc1ccc(I)cc1. The maximum absolute atomic E-state index is 9.91. The molecule has 0 aliphatic carbocycles. The molecule has 0 aliphatic rings. The van der Waals surface area contributed by atoms with Crippen LogP contribution in [0.5, 0.6) is 5.75 Å². The van der Waals surface area contributed by atoms with E-state index in [4.69, 9.17) is 4.74 Å². The van der Waals surface area contributed by atoms with Crippen LogP contribution in [0.3, 0.4) is 0 Å². The minimum Gasteiger partial charge on any atom is -0.491 e. The molecule has 1 atom stereocenters. The highest BCUT2D eigenvalue weighted by atomic mass is 127. The molecule has 3 heteroatoms. The summed E-state index contributed by atoms with van der Waals surface area (Å²) >= 11 is 2.27. The standard InChI is InChI=1S/C15H15IO2/c16-13-8-6-12(7-9-13)10-14(17)11-18-15-4-2-1-3-5-15/h1-9,14,17H,10-11H2. The molecule has 2 aromatic carbocycles. The Kier molecular flexibility index (Phi) is 5.01. The van der Waals surface area contributed by atoms with Gasteiger partial charge in [-0.25, -0.2) is 0 Å². The molecule has 0 radical (unpaired) electrons. The van der Waals surface area contributed by atoms with Gasteiger partial charge in [-0.15, -0.1) is 0 Å². The molecule has 1 N–H and O–H groups in total. The molecule has 18 heavy (non-hydrogen) atoms. The molecule has 0 saturated heterocycles. The average Bonchev–Trinajstić information content (AvgIpc) is 2.40. The van der Waals surface area contributed by atoms with Gasteiger partial charge in [0, 0.05) is 9.99 Å². The highest BCUT2D eigenvalue weighted by Gasteiger charge is 2.06. The van der Waals surface area contributed by atoms with Gasteiger partial charge in [0.1, 0.15) is 12.4 Å². The topological polar surface area (TPSA) is 29.5 Å². The predicted octanol–water partition coefficient (Wildman–Crippen LogP) is 3.27. The van der Waals surface area contributed by atoms with E-state index < -0.39 is 6.10 Å². The Morgan fingerprint density at radius 1 is 1.00 bits per heavy atom. The van der Waals surface area contributed by atoms with Crippen LogP contribution in [0.2, 0.25) is 0 Å². The Hall–Kier alpha value is -1.07. The summed E-state index contributed by atoms with van der Waals surface area (Å²) < 4.78 is 6.71. The van der Waals surface area contributed by atoms with Gasteiger partial charge in [0.25, 0.3) is 0 Å². The molecule has 2 aromatic rings. The molecular formula is C15H15IO2. The van der Waals surface area contributed by atoms with Crippen molar-refractivity contribution in [2.45, 2.75) is 12.5 Å². The summed E-state index contributed by atoms with van der Waals surface area (Å²) in [5.74, 6) is 0.791. The van der Waals surface area contributed by atoms with Crippen molar-refractivity contribution >= 4 is 22.6 Å². The molecular weight excluding hydrogens is 339 g/mol. The highest BCUT2D eigenvalue weighted by molar-refractivity contribution is 14.1. The molecule has 94 valence electrons. The Morgan fingerprint density at radius 2 is 1.67 bits per heavy atom. The van der Waals surface area contributed by atoms with Crippen LogP contribution in [0.1, 0.15) is 5.56 Å². The predicted molar refractivity (Wildman–Crippen MR) is 80.8 cm³/mol. The lowest BCUT2D eigenvalue weighted by molar-refractivity contribution is 0.108. The minimum atomic E-state index is -0.481. The minimum absolute atomic E-state index is 0.315. The van der Waals surface area contributed by atoms with Crippen LogP contribution >= 0.6 is 22.6 Å². The molecule has 0 amide bonds. The number of rotatable bonds is 5. The number of para-hydroxylation sites is 1. The second-order valence-corrected chi connectivity index (χ2v) is 5.35. The number of aliphatic hydroxyl groups is 1. The van der Waals surface area contributed by atoms with E-state index in [0.29, 0.717) is 13.0 Å². The molecule has 0 saturated carbocycles. The van der Waals surface area contributed by atoms with Gasteiger partial charge >= 0.3 is 0 Å². The fourth-order valence-corrected chi connectivity index (χ4v) is 2.02. The lowest BCUT2D eigenvalue weighted by atomic mass is 10.1. The lowest BCUT2D eigenvalue weighted by Crippen LogP contribution is -2.20. The Bertz CT molecular complexity index is 468. The van der Waals surface area contributed by atoms with Crippen molar-refractivity contribution in [1.29, 1.82) is 0 Å². The fraction of sp³-hybridized carbons (Fsp3) is 0.200. The third-order valence-corrected chi connectivity index (χ3v) is 3.29. The first kappa shape index (κ1) is 13.4. The van der Waals surface area contributed by atoms with Crippen molar-refractivity contribution in [2.24, 2.45) is 0 Å². The summed E-state index contributed by atoms with van der Waals surface area (Å²) in [4.78, 5) is 0. The second kappa shape index (κ2) is 6.75. The van der Waals surface area contributed by atoms with E-state index >= 15 is 0 Å². The summed E-state index contributed by atoms with van der Waals surface area (Å²) in [5, 5.41) is 9.91. The second-order valence-electron chi connectivity index (χ2n) is 4.11. The Labute approximate surface area is 121 Å². The maximum atomic E-state index is 9.91. The number of halogens is 1. The lowest BCUT2D eigenvalue weighted by Gasteiger charge is -2.12. The molecule has 0 spiro atoms. The molecule has 0 heterocycles. The van der Waals surface area contributed by atoms with Gasteiger partial charge in [-0.1, -0.05) is 30.3 Å². The van der Waals surface area contributed by atoms with Crippen LogP contribution in [0, 0.1) is 3.57 Å². The van der Waals surface area contributed by atoms with Gasteiger partial charge in [0.15, 0.2) is 0 Å². The van der Waals surface area contributed by atoms with E-state index in [1.165, 1.54) is 3.57 Å². The van der Waals surface area contributed by atoms with Crippen molar-refractivity contribution in [3.8, 4) is 5.75 Å². The highest BCUT2D eigenvalue weighted by Crippen LogP contribution is 2.11. The zero-order valence-electron chi connectivity index (χ0n) is 9.92. The van der Waals surface area contributed by atoms with Gasteiger partial charge in [-0.2, -0.15) is 0 Å². The normalized spacial score (nSPS) is 12.1. The molecule has 0 aromatic heterocycles. The summed E-state index contributed by atoms with van der Waals surface area (Å²) in [6.45, 7) is 0.315. The van der Waals surface area contributed by atoms with Gasteiger partial charge < -0.3 is 9.84 Å². The van der Waals surface area contributed by atoms with Crippen molar-refractivity contribution in [3.63, 3.8) is 0 Å². The molecule has 0 fully saturated rings. The quantitative estimate of drug-likeness (QED) is 0.836. The summed E-state index contributed by atoms with van der Waals surface area (Å²) in [5.41, 5.74) is 1.12. The molecule has 2 rings (SSSR count). The fourth-order valence-electron chi connectivity index (χ4n) is 1.66. The van der Waals surface area contributed by atoms with Crippen molar-refractivity contribution in [3.05, 3.63) is 63.7 Å². The zero-order valence-corrected chi connectivity index (χ0v) is 12.1. The number of hydrogen-bond donors (Lipinski definition) is 1. The van der Waals surface area contributed by atoms with Gasteiger partial charge in [-0.3, -0.25) is 0 Å². The average molecular weight is 354 g/mol. The van der Waals surface area contributed by atoms with E-state index in [2.05, 4.69) is 22.6 Å². The molecule has 0 aliphatic heterocycles. The van der Waals surface area contributed by atoms with Gasteiger partial charge in [0.05, 0.1) is 6.10 Å². The van der Waals surface area contributed by atoms with Crippen LogP contribution in [-0.4, -0.2) is 17.8 Å². The third kappa shape index (κ3) is 4.31. The Morgan fingerprint density at radius 3 is 2.33 bits per heavy atom. The molecule has 0 bridgehead atoms. The van der Waals surface area contributed by atoms with E-state index in [-0.39, 0.29) is 0 Å². The van der Waals surface area contributed by atoms with Crippen LogP contribution in [-0.2, 0) is 6.42 Å². The van der Waals surface area contributed by atoms with E-state index in [1.807, 2.05) is 54.6 Å². The number of hydrogen-bond acceptors (Lipinski definition) is 2. The number of aliphatic hydroxyl groups excluding tert-OH is 1. The van der Waals surface area contributed by atoms with Crippen LogP contribution in [0.15, 0.2) is 54.6 Å². The smallest absolute Gasteiger partial charge is 0.119 e. The maximum Gasteiger partial charge on any atom is 0.119 e. The molecule has 1 unspecified atom stereocenters. The first-order chi connectivity index (χ1) is 8.74.